The van der Waals surface area contributed by atoms with E-state index in [1.807, 2.05) is 0 Å². The Hall–Kier alpha value is -1.20. The Morgan fingerprint density at radius 3 is 2.56 bits per heavy atom. The van der Waals surface area contributed by atoms with Gasteiger partial charge < -0.3 is 15.6 Å². The van der Waals surface area contributed by atoms with Crippen LogP contribution >= 0.6 is 0 Å². The number of alkyl halides is 2. The lowest BCUT2D eigenvalue weighted by atomic mass is 9.97. The first-order valence-electron chi connectivity index (χ1n) is 4.81. The van der Waals surface area contributed by atoms with Gasteiger partial charge in [0.25, 0.3) is 5.92 Å². The summed E-state index contributed by atoms with van der Waals surface area (Å²) in [6, 6.07) is 3.17. The maximum absolute atomic E-state index is 13.2. The van der Waals surface area contributed by atoms with Crippen molar-refractivity contribution in [3.8, 4) is 5.75 Å². The van der Waals surface area contributed by atoms with Crippen LogP contribution in [0, 0.1) is 6.92 Å². The Morgan fingerprint density at radius 2 is 2.12 bits per heavy atom. The average molecular weight is 231 g/mol. The monoisotopic (exact) mass is 231 g/mol. The molecular formula is C11H15F2NO2. The maximum atomic E-state index is 13.2. The van der Waals surface area contributed by atoms with Gasteiger partial charge in [-0.25, -0.2) is 8.78 Å². The third kappa shape index (κ3) is 2.48. The number of aliphatic hydroxyl groups is 1. The summed E-state index contributed by atoms with van der Waals surface area (Å²) in [7, 11) is 1.50. The Labute approximate surface area is 92.8 Å². The van der Waals surface area contributed by atoms with Crippen molar-refractivity contribution in [2.75, 3.05) is 13.7 Å². The van der Waals surface area contributed by atoms with Crippen LogP contribution in [0.15, 0.2) is 18.2 Å². The molecule has 5 heteroatoms. The first-order valence-corrected chi connectivity index (χ1v) is 4.81. The number of halogens is 2. The van der Waals surface area contributed by atoms with Crippen molar-refractivity contribution in [1.82, 2.24) is 0 Å². The minimum atomic E-state index is -3.32. The molecular weight excluding hydrogens is 216 g/mol. The molecule has 1 aromatic rings. The van der Waals surface area contributed by atoms with E-state index in [4.69, 9.17) is 15.6 Å². The first-order chi connectivity index (χ1) is 7.42. The highest BCUT2D eigenvalue weighted by molar-refractivity contribution is 5.37. The molecule has 0 aromatic heterocycles. The summed E-state index contributed by atoms with van der Waals surface area (Å²) >= 11 is 0. The molecule has 0 aliphatic rings. The highest BCUT2D eigenvalue weighted by Crippen LogP contribution is 2.31. The SMILES string of the molecule is COc1ccc([C@H](N)C(F)(F)CO)c(C)c1. The maximum Gasteiger partial charge on any atom is 0.289 e. The van der Waals surface area contributed by atoms with Gasteiger partial charge in [0.2, 0.25) is 0 Å². The van der Waals surface area contributed by atoms with Gasteiger partial charge in [-0.2, -0.15) is 0 Å². The molecule has 16 heavy (non-hydrogen) atoms. The van der Waals surface area contributed by atoms with Crippen molar-refractivity contribution in [3.63, 3.8) is 0 Å². The number of nitrogens with two attached hydrogens (primary N) is 1. The second-order valence-corrected chi connectivity index (χ2v) is 3.62. The van der Waals surface area contributed by atoms with E-state index in [9.17, 15) is 8.78 Å². The molecule has 0 spiro atoms. The van der Waals surface area contributed by atoms with E-state index in [1.54, 1.807) is 19.1 Å². The molecule has 0 aliphatic carbocycles. The molecule has 0 unspecified atom stereocenters. The lowest BCUT2D eigenvalue weighted by Gasteiger charge is -2.23. The lowest BCUT2D eigenvalue weighted by molar-refractivity contribution is -0.0713. The lowest BCUT2D eigenvalue weighted by Crippen LogP contribution is -2.36. The molecule has 0 heterocycles. The molecule has 90 valence electrons. The molecule has 1 rings (SSSR count). The molecule has 3 nitrogen and oxygen atoms in total. The van der Waals surface area contributed by atoms with Crippen molar-refractivity contribution < 1.29 is 18.6 Å². The zero-order valence-electron chi connectivity index (χ0n) is 9.21. The van der Waals surface area contributed by atoms with Crippen molar-refractivity contribution >= 4 is 0 Å². The van der Waals surface area contributed by atoms with Crippen LogP contribution in [0.25, 0.3) is 0 Å². The van der Waals surface area contributed by atoms with Gasteiger partial charge in [-0.05, 0) is 30.2 Å². The van der Waals surface area contributed by atoms with Crippen LogP contribution in [0.1, 0.15) is 17.2 Å². The van der Waals surface area contributed by atoms with Crippen LogP contribution in [0.4, 0.5) is 8.78 Å². The molecule has 1 aromatic carbocycles. The fourth-order valence-electron chi connectivity index (χ4n) is 1.45. The normalized spacial score (nSPS) is 13.6. The average Bonchev–Trinajstić information content (AvgIpc) is 2.28. The summed E-state index contributed by atoms with van der Waals surface area (Å²) in [6.45, 7) is 0.408. The highest BCUT2D eigenvalue weighted by atomic mass is 19.3. The minimum Gasteiger partial charge on any atom is -0.497 e. The van der Waals surface area contributed by atoms with Crippen molar-refractivity contribution in [1.29, 1.82) is 0 Å². The molecule has 0 radical (unpaired) electrons. The predicted molar refractivity (Wildman–Crippen MR) is 56.7 cm³/mol. The predicted octanol–water partition coefficient (Wildman–Crippen LogP) is 1.63. The number of methoxy groups -OCH3 is 1. The van der Waals surface area contributed by atoms with E-state index in [2.05, 4.69) is 0 Å². The molecule has 0 bridgehead atoms. The highest BCUT2D eigenvalue weighted by Gasteiger charge is 2.37. The number of hydrogen-bond donors (Lipinski definition) is 2. The Morgan fingerprint density at radius 1 is 1.50 bits per heavy atom. The van der Waals surface area contributed by atoms with Crippen LogP contribution in [-0.2, 0) is 0 Å². The topological polar surface area (TPSA) is 55.5 Å². The molecule has 0 fully saturated rings. The van der Waals surface area contributed by atoms with Gasteiger partial charge in [-0.1, -0.05) is 6.07 Å². The summed E-state index contributed by atoms with van der Waals surface area (Å²) in [5.41, 5.74) is 6.34. The fourth-order valence-corrected chi connectivity index (χ4v) is 1.45. The number of aliphatic hydroxyl groups excluding tert-OH is 1. The summed E-state index contributed by atoms with van der Waals surface area (Å²) in [5.74, 6) is -2.74. The smallest absolute Gasteiger partial charge is 0.289 e. The molecule has 0 aliphatic heterocycles. The van der Waals surface area contributed by atoms with Crippen LogP contribution in [-0.4, -0.2) is 24.7 Å². The number of aryl methyl sites for hydroxylation is 1. The van der Waals surface area contributed by atoms with Crippen molar-refractivity contribution in [2.45, 2.75) is 18.9 Å². The van der Waals surface area contributed by atoms with Crippen LogP contribution in [0.3, 0.4) is 0 Å². The molecule has 1 atom stereocenters. The summed E-state index contributed by atoms with van der Waals surface area (Å²) in [5, 5.41) is 8.56. The van der Waals surface area contributed by atoms with Gasteiger partial charge >= 0.3 is 0 Å². The summed E-state index contributed by atoms with van der Waals surface area (Å²) in [4.78, 5) is 0. The quantitative estimate of drug-likeness (QED) is 0.828. The molecule has 3 N–H and O–H groups in total. The third-order valence-corrected chi connectivity index (χ3v) is 2.48. The second kappa shape index (κ2) is 4.76. The van der Waals surface area contributed by atoms with Gasteiger partial charge in [0.05, 0.1) is 13.2 Å². The largest absolute Gasteiger partial charge is 0.497 e. The molecule has 0 amide bonds. The van der Waals surface area contributed by atoms with Gasteiger partial charge in [0, 0.05) is 0 Å². The standard InChI is InChI=1S/C11H15F2NO2/c1-7-5-8(16-2)3-4-9(7)10(14)11(12,13)6-15/h3-5,10,15H,6,14H2,1-2H3/t10-/m0/s1. The summed E-state index contributed by atoms with van der Waals surface area (Å²) < 4.78 is 31.3. The van der Waals surface area contributed by atoms with E-state index >= 15 is 0 Å². The van der Waals surface area contributed by atoms with Crippen molar-refractivity contribution in [2.24, 2.45) is 5.73 Å². The number of rotatable bonds is 4. The molecule has 0 saturated carbocycles. The Kier molecular flexibility index (Phi) is 3.83. The minimum absolute atomic E-state index is 0.305. The first kappa shape index (κ1) is 12.9. The van der Waals surface area contributed by atoms with E-state index < -0.39 is 18.6 Å². The van der Waals surface area contributed by atoms with Crippen molar-refractivity contribution in [3.05, 3.63) is 29.3 Å². The van der Waals surface area contributed by atoms with Crippen LogP contribution in [0.5, 0.6) is 5.75 Å². The van der Waals surface area contributed by atoms with E-state index in [0.29, 0.717) is 16.9 Å². The number of hydrogen-bond acceptors (Lipinski definition) is 3. The van der Waals surface area contributed by atoms with Gasteiger partial charge in [0.15, 0.2) is 0 Å². The van der Waals surface area contributed by atoms with E-state index in [-0.39, 0.29) is 0 Å². The fraction of sp³-hybridized carbons (Fsp3) is 0.455. The number of benzene rings is 1. The summed E-state index contributed by atoms with van der Waals surface area (Å²) in [6.07, 6.45) is 0. The Bertz CT molecular complexity index is 369. The van der Waals surface area contributed by atoms with Crippen LogP contribution in [0.2, 0.25) is 0 Å². The van der Waals surface area contributed by atoms with E-state index in [1.165, 1.54) is 13.2 Å². The zero-order chi connectivity index (χ0) is 12.3. The number of ether oxygens (including phenoxy) is 1. The zero-order valence-corrected chi connectivity index (χ0v) is 9.21. The third-order valence-electron chi connectivity index (χ3n) is 2.48. The van der Waals surface area contributed by atoms with Gasteiger partial charge in [-0.15, -0.1) is 0 Å². The van der Waals surface area contributed by atoms with Gasteiger partial charge in [0.1, 0.15) is 12.4 Å². The Balaban J connectivity index is 3.05. The van der Waals surface area contributed by atoms with E-state index in [0.717, 1.165) is 0 Å². The van der Waals surface area contributed by atoms with Crippen LogP contribution < -0.4 is 10.5 Å². The second-order valence-electron chi connectivity index (χ2n) is 3.62. The van der Waals surface area contributed by atoms with Gasteiger partial charge in [-0.3, -0.25) is 0 Å². The molecule has 0 saturated heterocycles.